The van der Waals surface area contributed by atoms with E-state index in [0.29, 0.717) is 12.5 Å². The number of nitrogens with zero attached hydrogens (tertiary/aromatic N) is 1. The van der Waals surface area contributed by atoms with Crippen LogP contribution in [0, 0.1) is 0 Å². The van der Waals surface area contributed by atoms with Gasteiger partial charge >= 0.3 is 0 Å². The van der Waals surface area contributed by atoms with Crippen molar-refractivity contribution in [3.8, 4) is 0 Å². The van der Waals surface area contributed by atoms with Crippen LogP contribution in [0.25, 0.3) is 0 Å². The van der Waals surface area contributed by atoms with Gasteiger partial charge in [-0.05, 0) is 24.1 Å². The molecule has 0 unspecified atom stereocenters. The van der Waals surface area contributed by atoms with Gasteiger partial charge in [-0.1, -0.05) is 25.1 Å². The molecule has 3 nitrogen and oxygen atoms in total. The topological polar surface area (TPSA) is 50.4 Å². The molecule has 0 aliphatic carbocycles. The summed E-state index contributed by atoms with van der Waals surface area (Å²) in [6.45, 7) is 6.23. The zero-order chi connectivity index (χ0) is 11.1. The van der Waals surface area contributed by atoms with E-state index in [1.807, 2.05) is 12.1 Å². The van der Waals surface area contributed by atoms with Gasteiger partial charge in [0.05, 0.1) is 6.54 Å². The average molecular weight is 203 g/mol. The van der Waals surface area contributed by atoms with Gasteiger partial charge in [-0.3, -0.25) is 0 Å². The summed E-state index contributed by atoms with van der Waals surface area (Å²) in [7, 11) is 0. The second-order valence-electron chi connectivity index (χ2n) is 3.19. The molecule has 0 aliphatic heterocycles. The first kappa shape index (κ1) is 11.3. The molecule has 15 heavy (non-hydrogen) atoms. The van der Waals surface area contributed by atoms with Crippen LogP contribution in [0.1, 0.15) is 12.5 Å². The smallest absolute Gasteiger partial charge is 0.193 e. The molecule has 1 rings (SSSR count). The number of rotatable bonds is 4. The summed E-state index contributed by atoms with van der Waals surface area (Å²) in [6, 6.07) is 8.14. The second-order valence-corrected chi connectivity index (χ2v) is 3.19. The highest BCUT2D eigenvalue weighted by atomic mass is 15.1. The van der Waals surface area contributed by atoms with E-state index in [1.54, 1.807) is 6.08 Å². The Hall–Kier alpha value is -1.77. The van der Waals surface area contributed by atoms with Crippen molar-refractivity contribution >= 4 is 11.6 Å². The quantitative estimate of drug-likeness (QED) is 0.447. The Balaban J connectivity index is 2.60. The maximum absolute atomic E-state index is 5.65. The first-order valence-corrected chi connectivity index (χ1v) is 5.03. The molecule has 1 aromatic carbocycles. The molecule has 0 fully saturated rings. The Morgan fingerprint density at radius 1 is 1.47 bits per heavy atom. The van der Waals surface area contributed by atoms with Crippen molar-refractivity contribution in [2.75, 3.05) is 11.9 Å². The number of nitrogens with one attached hydrogen (secondary N) is 1. The lowest BCUT2D eigenvalue weighted by Crippen LogP contribution is -2.22. The third-order valence-corrected chi connectivity index (χ3v) is 2.03. The SMILES string of the molecule is C=CCN=C(N)Nc1ccc(CC)cc1. The van der Waals surface area contributed by atoms with Gasteiger partial charge in [0.1, 0.15) is 0 Å². The molecule has 0 bridgehead atoms. The number of aliphatic imine (C=N–C) groups is 1. The van der Waals surface area contributed by atoms with E-state index in [2.05, 4.69) is 35.9 Å². The minimum Gasteiger partial charge on any atom is -0.370 e. The van der Waals surface area contributed by atoms with E-state index in [-0.39, 0.29) is 0 Å². The van der Waals surface area contributed by atoms with Crippen LogP contribution in [0.2, 0.25) is 0 Å². The number of hydrogen-bond donors (Lipinski definition) is 2. The monoisotopic (exact) mass is 203 g/mol. The van der Waals surface area contributed by atoms with Crippen molar-refractivity contribution in [2.45, 2.75) is 13.3 Å². The first-order chi connectivity index (χ1) is 7.26. The predicted molar refractivity (Wildman–Crippen MR) is 66.1 cm³/mol. The van der Waals surface area contributed by atoms with E-state index in [4.69, 9.17) is 5.73 Å². The molecule has 0 aromatic heterocycles. The molecule has 0 saturated heterocycles. The summed E-state index contributed by atoms with van der Waals surface area (Å²) in [5.41, 5.74) is 7.92. The molecule has 3 heteroatoms. The number of hydrogen-bond acceptors (Lipinski definition) is 1. The molecule has 0 spiro atoms. The molecule has 1 aromatic rings. The van der Waals surface area contributed by atoms with E-state index >= 15 is 0 Å². The zero-order valence-corrected chi connectivity index (χ0v) is 9.03. The minimum absolute atomic E-state index is 0.416. The van der Waals surface area contributed by atoms with Crippen LogP contribution in [0.3, 0.4) is 0 Å². The maximum Gasteiger partial charge on any atom is 0.193 e. The Labute approximate surface area is 90.7 Å². The standard InChI is InChI=1S/C12H17N3/c1-3-9-14-12(13)15-11-7-5-10(4-2)6-8-11/h3,5-8H,1,4,9H2,2H3,(H3,13,14,15). The molecular formula is C12H17N3. The molecule has 0 heterocycles. The molecule has 80 valence electrons. The molecule has 0 amide bonds. The Bertz CT molecular complexity index is 338. The summed E-state index contributed by atoms with van der Waals surface area (Å²) < 4.78 is 0. The van der Waals surface area contributed by atoms with Crippen LogP contribution in [-0.2, 0) is 6.42 Å². The predicted octanol–water partition coefficient (Wildman–Crippen LogP) is 2.16. The molecular weight excluding hydrogens is 186 g/mol. The Morgan fingerprint density at radius 3 is 2.67 bits per heavy atom. The fourth-order valence-corrected chi connectivity index (χ4v) is 1.17. The van der Waals surface area contributed by atoms with Crippen LogP contribution in [-0.4, -0.2) is 12.5 Å². The summed E-state index contributed by atoms with van der Waals surface area (Å²) in [5, 5.41) is 3.01. The largest absolute Gasteiger partial charge is 0.370 e. The van der Waals surface area contributed by atoms with Gasteiger partial charge in [0.25, 0.3) is 0 Å². The molecule has 3 N–H and O–H groups in total. The summed E-state index contributed by atoms with van der Waals surface area (Å²) in [6.07, 6.45) is 2.75. The summed E-state index contributed by atoms with van der Waals surface area (Å²) in [5.74, 6) is 0.416. The Morgan fingerprint density at radius 2 is 2.13 bits per heavy atom. The van der Waals surface area contributed by atoms with Gasteiger partial charge in [0.2, 0.25) is 0 Å². The highest BCUT2D eigenvalue weighted by molar-refractivity contribution is 5.92. The highest BCUT2D eigenvalue weighted by Gasteiger charge is 1.94. The zero-order valence-electron chi connectivity index (χ0n) is 9.03. The van der Waals surface area contributed by atoms with E-state index in [9.17, 15) is 0 Å². The van der Waals surface area contributed by atoms with Crippen molar-refractivity contribution in [1.82, 2.24) is 0 Å². The van der Waals surface area contributed by atoms with Crippen LogP contribution in [0.4, 0.5) is 5.69 Å². The van der Waals surface area contributed by atoms with Gasteiger partial charge < -0.3 is 11.1 Å². The lowest BCUT2D eigenvalue weighted by Gasteiger charge is -2.05. The van der Waals surface area contributed by atoms with Crippen molar-refractivity contribution in [3.05, 3.63) is 42.5 Å². The second kappa shape index (κ2) is 5.86. The lowest BCUT2D eigenvalue weighted by atomic mass is 10.1. The van der Waals surface area contributed by atoms with Crippen molar-refractivity contribution in [2.24, 2.45) is 10.7 Å². The first-order valence-electron chi connectivity index (χ1n) is 5.03. The third-order valence-electron chi connectivity index (χ3n) is 2.03. The molecule has 0 saturated carbocycles. The number of nitrogens with two attached hydrogens (primary N) is 1. The van der Waals surface area contributed by atoms with Crippen molar-refractivity contribution in [3.63, 3.8) is 0 Å². The van der Waals surface area contributed by atoms with Crippen molar-refractivity contribution < 1.29 is 0 Å². The van der Waals surface area contributed by atoms with Crippen LogP contribution in [0.15, 0.2) is 41.9 Å². The fraction of sp³-hybridized carbons (Fsp3) is 0.250. The minimum atomic E-state index is 0.416. The molecule has 0 radical (unpaired) electrons. The average Bonchev–Trinajstić information content (AvgIpc) is 2.27. The van der Waals surface area contributed by atoms with Crippen LogP contribution >= 0.6 is 0 Å². The van der Waals surface area contributed by atoms with Gasteiger partial charge in [0, 0.05) is 5.69 Å². The van der Waals surface area contributed by atoms with Gasteiger partial charge in [0.15, 0.2) is 5.96 Å². The molecule has 0 aliphatic rings. The van der Waals surface area contributed by atoms with E-state index < -0.39 is 0 Å². The van der Waals surface area contributed by atoms with Gasteiger partial charge in [-0.25, -0.2) is 4.99 Å². The fourth-order valence-electron chi connectivity index (χ4n) is 1.17. The Kier molecular flexibility index (Phi) is 4.41. The highest BCUT2D eigenvalue weighted by Crippen LogP contribution is 2.09. The molecule has 0 atom stereocenters. The number of anilines is 1. The van der Waals surface area contributed by atoms with Gasteiger partial charge in [-0.2, -0.15) is 0 Å². The lowest BCUT2D eigenvalue weighted by molar-refractivity contribution is 1.14. The van der Waals surface area contributed by atoms with E-state index in [1.165, 1.54) is 5.56 Å². The third kappa shape index (κ3) is 3.85. The van der Waals surface area contributed by atoms with Crippen LogP contribution in [0.5, 0.6) is 0 Å². The number of aryl methyl sites for hydroxylation is 1. The van der Waals surface area contributed by atoms with Gasteiger partial charge in [-0.15, -0.1) is 6.58 Å². The van der Waals surface area contributed by atoms with Crippen LogP contribution < -0.4 is 11.1 Å². The van der Waals surface area contributed by atoms with E-state index in [0.717, 1.165) is 12.1 Å². The normalized spacial score (nSPS) is 11.1. The number of benzene rings is 1. The maximum atomic E-state index is 5.65. The van der Waals surface area contributed by atoms with Crippen molar-refractivity contribution in [1.29, 1.82) is 0 Å². The summed E-state index contributed by atoms with van der Waals surface area (Å²) in [4.78, 5) is 4.05. The summed E-state index contributed by atoms with van der Waals surface area (Å²) >= 11 is 0. The number of guanidine groups is 1.